The SMILES string of the molecule is CC(NC1CC1c1ccccc1)C1(C)CC1. The fourth-order valence-electron chi connectivity index (χ4n) is 2.60. The summed E-state index contributed by atoms with van der Waals surface area (Å²) in [7, 11) is 0. The monoisotopic (exact) mass is 215 g/mol. The van der Waals surface area contributed by atoms with E-state index >= 15 is 0 Å². The second kappa shape index (κ2) is 3.59. The van der Waals surface area contributed by atoms with E-state index in [4.69, 9.17) is 0 Å². The lowest BCUT2D eigenvalue weighted by molar-refractivity contribution is 0.376. The molecule has 0 aromatic heterocycles. The molecule has 16 heavy (non-hydrogen) atoms. The summed E-state index contributed by atoms with van der Waals surface area (Å²) in [6, 6.07) is 12.3. The first-order valence-corrected chi connectivity index (χ1v) is 6.50. The third-order valence-electron chi connectivity index (χ3n) is 4.57. The van der Waals surface area contributed by atoms with Crippen LogP contribution in [0, 0.1) is 5.41 Å². The van der Waals surface area contributed by atoms with E-state index in [1.54, 1.807) is 0 Å². The lowest BCUT2D eigenvalue weighted by Crippen LogP contribution is -2.35. The Labute approximate surface area is 98.3 Å². The maximum Gasteiger partial charge on any atom is 0.0145 e. The van der Waals surface area contributed by atoms with Crippen molar-refractivity contribution in [3.05, 3.63) is 35.9 Å². The first-order chi connectivity index (χ1) is 7.69. The minimum absolute atomic E-state index is 0.601. The molecule has 0 saturated heterocycles. The van der Waals surface area contributed by atoms with Crippen LogP contribution in [0.4, 0.5) is 0 Å². The number of rotatable bonds is 4. The van der Waals surface area contributed by atoms with E-state index in [-0.39, 0.29) is 0 Å². The molecule has 0 spiro atoms. The van der Waals surface area contributed by atoms with Crippen LogP contribution in [0.1, 0.15) is 44.6 Å². The second-order valence-electron chi connectivity index (χ2n) is 5.90. The van der Waals surface area contributed by atoms with Crippen LogP contribution >= 0.6 is 0 Å². The van der Waals surface area contributed by atoms with Crippen molar-refractivity contribution in [1.82, 2.24) is 5.32 Å². The summed E-state index contributed by atoms with van der Waals surface area (Å²) in [6.45, 7) is 4.76. The van der Waals surface area contributed by atoms with Gasteiger partial charge >= 0.3 is 0 Å². The van der Waals surface area contributed by atoms with Crippen molar-refractivity contribution in [3.63, 3.8) is 0 Å². The fourth-order valence-corrected chi connectivity index (χ4v) is 2.60. The maximum atomic E-state index is 3.80. The molecular formula is C15H21N. The molecule has 2 saturated carbocycles. The molecule has 2 aliphatic carbocycles. The summed E-state index contributed by atoms with van der Waals surface area (Å²) in [5, 5.41) is 3.80. The van der Waals surface area contributed by atoms with Crippen molar-refractivity contribution in [2.45, 2.75) is 51.1 Å². The van der Waals surface area contributed by atoms with Gasteiger partial charge in [0.2, 0.25) is 0 Å². The third-order valence-corrected chi connectivity index (χ3v) is 4.57. The predicted molar refractivity (Wildman–Crippen MR) is 67.5 cm³/mol. The summed E-state index contributed by atoms with van der Waals surface area (Å²) in [5.74, 6) is 0.769. The first kappa shape index (κ1) is 10.3. The van der Waals surface area contributed by atoms with Gasteiger partial charge in [0.05, 0.1) is 0 Å². The van der Waals surface area contributed by atoms with Gasteiger partial charge in [0.15, 0.2) is 0 Å². The van der Waals surface area contributed by atoms with Crippen molar-refractivity contribution in [1.29, 1.82) is 0 Å². The Hall–Kier alpha value is -0.820. The van der Waals surface area contributed by atoms with E-state index < -0.39 is 0 Å². The van der Waals surface area contributed by atoms with Crippen LogP contribution in [-0.4, -0.2) is 12.1 Å². The molecule has 2 fully saturated rings. The number of nitrogens with one attached hydrogen (secondary N) is 1. The highest BCUT2D eigenvalue weighted by atomic mass is 15.0. The lowest BCUT2D eigenvalue weighted by atomic mass is 10.0. The molecular weight excluding hydrogens is 194 g/mol. The highest BCUT2D eigenvalue weighted by Gasteiger charge is 2.46. The predicted octanol–water partition coefficient (Wildman–Crippen LogP) is 3.32. The van der Waals surface area contributed by atoms with Gasteiger partial charge in [-0.15, -0.1) is 0 Å². The largest absolute Gasteiger partial charge is 0.310 e. The molecule has 1 nitrogen and oxygen atoms in total. The summed E-state index contributed by atoms with van der Waals surface area (Å²) in [6.07, 6.45) is 4.14. The van der Waals surface area contributed by atoms with Crippen molar-refractivity contribution in [2.24, 2.45) is 5.41 Å². The number of benzene rings is 1. The van der Waals surface area contributed by atoms with E-state index in [1.807, 2.05) is 0 Å². The van der Waals surface area contributed by atoms with Crippen LogP contribution in [0.2, 0.25) is 0 Å². The third kappa shape index (κ3) is 1.89. The average Bonchev–Trinajstić information content (AvgIpc) is 3.18. The maximum absolute atomic E-state index is 3.80. The average molecular weight is 215 g/mol. The molecule has 3 unspecified atom stereocenters. The van der Waals surface area contributed by atoms with E-state index in [2.05, 4.69) is 49.5 Å². The standard InChI is InChI=1S/C15H21N/c1-11(15(2)8-9-15)16-14-10-13(14)12-6-4-3-5-7-12/h3-7,11,13-14,16H,8-10H2,1-2H3. The molecule has 3 atom stereocenters. The fraction of sp³-hybridized carbons (Fsp3) is 0.600. The van der Waals surface area contributed by atoms with E-state index in [9.17, 15) is 0 Å². The minimum Gasteiger partial charge on any atom is -0.310 e. The molecule has 2 aliphatic rings. The topological polar surface area (TPSA) is 12.0 Å². The lowest BCUT2D eigenvalue weighted by Gasteiger charge is -2.20. The molecule has 0 aliphatic heterocycles. The van der Waals surface area contributed by atoms with Crippen molar-refractivity contribution < 1.29 is 0 Å². The van der Waals surface area contributed by atoms with Gasteiger partial charge in [-0.1, -0.05) is 37.3 Å². The second-order valence-corrected chi connectivity index (χ2v) is 5.90. The summed E-state index contributed by atoms with van der Waals surface area (Å²) < 4.78 is 0. The molecule has 0 amide bonds. The molecule has 86 valence electrons. The zero-order chi connectivity index (χ0) is 11.2. The Balaban J connectivity index is 1.57. The minimum atomic E-state index is 0.601. The number of hydrogen-bond acceptors (Lipinski definition) is 1. The van der Waals surface area contributed by atoms with Gasteiger partial charge in [-0.2, -0.15) is 0 Å². The molecule has 0 bridgehead atoms. The highest BCUT2D eigenvalue weighted by molar-refractivity contribution is 5.28. The summed E-state index contributed by atoms with van der Waals surface area (Å²) >= 11 is 0. The Morgan fingerprint density at radius 2 is 1.94 bits per heavy atom. The van der Waals surface area contributed by atoms with Crippen LogP contribution in [0.5, 0.6) is 0 Å². The normalized spacial score (nSPS) is 32.1. The van der Waals surface area contributed by atoms with E-state index in [0.29, 0.717) is 11.5 Å². The zero-order valence-corrected chi connectivity index (χ0v) is 10.2. The van der Waals surface area contributed by atoms with Gasteiger partial charge < -0.3 is 5.32 Å². The Morgan fingerprint density at radius 1 is 1.25 bits per heavy atom. The van der Waals surface area contributed by atoms with Crippen LogP contribution in [-0.2, 0) is 0 Å². The van der Waals surface area contributed by atoms with Gasteiger partial charge in [0.25, 0.3) is 0 Å². The molecule has 3 rings (SSSR count). The summed E-state index contributed by atoms with van der Waals surface area (Å²) in [5.41, 5.74) is 2.11. The van der Waals surface area contributed by atoms with Crippen LogP contribution in [0.25, 0.3) is 0 Å². The van der Waals surface area contributed by atoms with Crippen molar-refractivity contribution in [2.75, 3.05) is 0 Å². The van der Waals surface area contributed by atoms with Gasteiger partial charge in [0.1, 0.15) is 0 Å². The van der Waals surface area contributed by atoms with Crippen LogP contribution < -0.4 is 5.32 Å². The smallest absolute Gasteiger partial charge is 0.0145 e. The Kier molecular flexibility index (Phi) is 2.32. The molecule has 0 heterocycles. The zero-order valence-electron chi connectivity index (χ0n) is 10.2. The molecule has 1 heteroatoms. The Morgan fingerprint density at radius 3 is 2.56 bits per heavy atom. The summed E-state index contributed by atoms with van der Waals surface area (Å²) in [4.78, 5) is 0. The highest BCUT2D eigenvalue weighted by Crippen LogP contribution is 2.50. The number of hydrogen-bond donors (Lipinski definition) is 1. The first-order valence-electron chi connectivity index (χ1n) is 6.50. The van der Waals surface area contributed by atoms with Crippen LogP contribution in [0.15, 0.2) is 30.3 Å². The van der Waals surface area contributed by atoms with Gasteiger partial charge in [-0.3, -0.25) is 0 Å². The molecule has 1 aromatic rings. The Bertz CT molecular complexity index is 366. The van der Waals surface area contributed by atoms with E-state index in [0.717, 1.165) is 12.0 Å². The molecule has 1 aromatic carbocycles. The van der Waals surface area contributed by atoms with Gasteiger partial charge in [-0.25, -0.2) is 0 Å². The quantitative estimate of drug-likeness (QED) is 0.812. The van der Waals surface area contributed by atoms with Crippen LogP contribution in [0.3, 0.4) is 0 Å². The van der Waals surface area contributed by atoms with Gasteiger partial charge in [-0.05, 0) is 37.2 Å². The van der Waals surface area contributed by atoms with E-state index in [1.165, 1.54) is 24.8 Å². The van der Waals surface area contributed by atoms with Crippen molar-refractivity contribution >= 4 is 0 Å². The van der Waals surface area contributed by atoms with Crippen molar-refractivity contribution in [3.8, 4) is 0 Å². The van der Waals surface area contributed by atoms with Gasteiger partial charge in [0, 0.05) is 18.0 Å². The molecule has 1 N–H and O–H groups in total. The molecule has 0 radical (unpaired) electrons.